The molecule has 0 bridgehead atoms. The number of nitrogens with zero attached hydrogens (tertiary/aromatic N) is 3. The topological polar surface area (TPSA) is 56.6 Å². The fourth-order valence-corrected chi connectivity index (χ4v) is 5.49. The highest BCUT2D eigenvalue weighted by Crippen LogP contribution is 2.34. The van der Waals surface area contributed by atoms with Crippen molar-refractivity contribution in [3.05, 3.63) is 29.6 Å². The first-order valence-corrected chi connectivity index (χ1v) is 11.5. The van der Waals surface area contributed by atoms with Crippen molar-refractivity contribution in [2.75, 3.05) is 37.7 Å². The number of carbonyl (C=O) groups is 1. The van der Waals surface area contributed by atoms with E-state index in [2.05, 4.69) is 9.80 Å². The number of ether oxygens (including phenoxy) is 1. The first-order valence-electron chi connectivity index (χ1n) is 11.5. The average Bonchev–Trinajstić information content (AvgIpc) is 3.05. The number of carbonyl (C=O) groups excluding carboxylic acids is 1. The van der Waals surface area contributed by atoms with Gasteiger partial charge in [0.25, 0.3) is 0 Å². The molecule has 30 heavy (non-hydrogen) atoms. The Morgan fingerprint density at radius 3 is 2.53 bits per heavy atom. The molecule has 3 heterocycles. The Balaban J connectivity index is 1.45. The molecule has 162 valence electrons. The summed E-state index contributed by atoms with van der Waals surface area (Å²) in [5, 5.41) is 9.37. The number of benzene rings is 1. The summed E-state index contributed by atoms with van der Waals surface area (Å²) in [4.78, 5) is 17.7. The van der Waals surface area contributed by atoms with Crippen LogP contribution in [0.2, 0.25) is 0 Å². The van der Waals surface area contributed by atoms with Crippen LogP contribution in [0.5, 0.6) is 0 Å². The summed E-state index contributed by atoms with van der Waals surface area (Å²) in [5.41, 5.74) is 0.841. The monoisotopic (exact) mass is 413 g/mol. The van der Waals surface area contributed by atoms with Crippen LogP contribution in [0.15, 0.2) is 18.2 Å². The van der Waals surface area contributed by atoms with E-state index in [-0.39, 0.29) is 11.5 Å². The molecule has 3 saturated heterocycles. The van der Waals surface area contributed by atoms with Crippen molar-refractivity contribution < 1.29 is 13.9 Å². The minimum atomic E-state index is -0.450. The van der Waals surface area contributed by atoms with Crippen molar-refractivity contribution in [2.45, 2.75) is 57.4 Å². The molecule has 3 fully saturated rings. The van der Waals surface area contributed by atoms with Crippen LogP contribution in [0.25, 0.3) is 0 Å². The lowest BCUT2D eigenvalue weighted by molar-refractivity contribution is -0.142. The SMILES string of the molecule is N#Cc1c(F)cccc1N1CCC([C@@H]2CCCCCN2C(=O)C2CCOCC2)CC1. The summed E-state index contributed by atoms with van der Waals surface area (Å²) in [6.45, 7) is 3.88. The average molecular weight is 414 g/mol. The summed E-state index contributed by atoms with van der Waals surface area (Å²) in [6, 6.07) is 7.20. The molecular weight excluding hydrogens is 381 g/mol. The number of hydrogen-bond donors (Lipinski definition) is 0. The fourth-order valence-electron chi connectivity index (χ4n) is 5.49. The second-order valence-electron chi connectivity index (χ2n) is 8.91. The zero-order valence-electron chi connectivity index (χ0n) is 17.7. The molecule has 1 amide bonds. The van der Waals surface area contributed by atoms with E-state index in [0.29, 0.717) is 36.8 Å². The minimum Gasteiger partial charge on any atom is -0.381 e. The van der Waals surface area contributed by atoms with Crippen LogP contribution in [0.1, 0.15) is 56.9 Å². The highest BCUT2D eigenvalue weighted by molar-refractivity contribution is 5.79. The number of piperidine rings is 1. The maximum atomic E-state index is 14.0. The highest BCUT2D eigenvalue weighted by atomic mass is 19.1. The molecule has 0 radical (unpaired) electrons. The van der Waals surface area contributed by atoms with E-state index in [4.69, 9.17) is 4.74 Å². The zero-order valence-corrected chi connectivity index (χ0v) is 17.7. The Labute approximate surface area is 178 Å². The van der Waals surface area contributed by atoms with Gasteiger partial charge < -0.3 is 14.5 Å². The second kappa shape index (κ2) is 9.78. The first kappa shape index (κ1) is 21.1. The standard InChI is InChI=1S/C24H32FN3O2/c25-21-5-4-7-23(20(21)17-26)27-13-8-18(9-14-27)22-6-2-1-3-12-28(22)24(29)19-10-15-30-16-11-19/h4-5,7,18-19,22H,1-3,6,8-16H2/t22-/m0/s1. The van der Waals surface area contributed by atoms with Crippen LogP contribution in [0, 0.1) is 29.0 Å². The van der Waals surface area contributed by atoms with E-state index in [0.717, 1.165) is 58.2 Å². The largest absolute Gasteiger partial charge is 0.381 e. The van der Waals surface area contributed by atoms with Gasteiger partial charge in [0, 0.05) is 44.8 Å². The van der Waals surface area contributed by atoms with Gasteiger partial charge in [0.1, 0.15) is 17.4 Å². The van der Waals surface area contributed by atoms with Crippen LogP contribution < -0.4 is 4.90 Å². The number of rotatable bonds is 3. The van der Waals surface area contributed by atoms with Gasteiger partial charge in [0.05, 0.1) is 5.69 Å². The first-order chi connectivity index (χ1) is 14.7. The molecule has 0 spiro atoms. The Bertz CT molecular complexity index is 779. The molecule has 5 nitrogen and oxygen atoms in total. The fraction of sp³-hybridized carbons (Fsp3) is 0.667. The van der Waals surface area contributed by atoms with E-state index in [1.54, 1.807) is 6.07 Å². The van der Waals surface area contributed by atoms with Crippen molar-refractivity contribution in [1.82, 2.24) is 4.90 Å². The lowest BCUT2D eigenvalue weighted by atomic mass is 9.85. The third kappa shape index (κ3) is 4.46. The number of amides is 1. The molecule has 0 saturated carbocycles. The number of halogens is 1. The van der Waals surface area contributed by atoms with Crippen LogP contribution in [-0.4, -0.2) is 49.7 Å². The smallest absolute Gasteiger partial charge is 0.226 e. The van der Waals surface area contributed by atoms with Gasteiger partial charge in [-0.05, 0) is 56.6 Å². The quantitative estimate of drug-likeness (QED) is 0.748. The van der Waals surface area contributed by atoms with E-state index < -0.39 is 5.82 Å². The Morgan fingerprint density at radius 1 is 1.03 bits per heavy atom. The number of hydrogen-bond acceptors (Lipinski definition) is 4. The molecule has 1 aromatic rings. The molecule has 0 unspecified atom stereocenters. The van der Waals surface area contributed by atoms with Crippen LogP contribution in [0.4, 0.5) is 10.1 Å². The zero-order chi connectivity index (χ0) is 20.9. The number of nitriles is 1. The molecule has 3 aliphatic rings. The summed E-state index contributed by atoms with van der Waals surface area (Å²) in [7, 11) is 0. The third-order valence-corrected chi connectivity index (χ3v) is 7.18. The molecule has 0 aliphatic carbocycles. The number of anilines is 1. The maximum Gasteiger partial charge on any atom is 0.226 e. The van der Waals surface area contributed by atoms with Gasteiger partial charge in [0.2, 0.25) is 5.91 Å². The molecule has 1 atom stereocenters. The van der Waals surface area contributed by atoms with Crippen molar-refractivity contribution in [2.24, 2.45) is 11.8 Å². The summed E-state index contributed by atoms with van der Waals surface area (Å²) in [6.07, 6.45) is 8.20. The predicted molar refractivity (Wildman–Crippen MR) is 114 cm³/mol. The van der Waals surface area contributed by atoms with Crippen LogP contribution >= 0.6 is 0 Å². The maximum absolute atomic E-state index is 14.0. The van der Waals surface area contributed by atoms with Gasteiger partial charge in [-0.1, -0.05) is 18.9 Å². The molecule has 0 N–H and O–H groups in total. The van der Waals surface area contributed by atoms with Crippen molar-refractivity contribution >= 4 is 11.6 Å². The van der Waals surface area contributed by atoms with E-state index >= 15 is 0 Å². The third-order valence-electron chi connectivity index (χ3n) is 7.18. The van der Waals surface area contributed by atoms with Gasteiger partial charge >= 0.3 is 0 Å². The van der Waals surface area contributed by atoms with Crippen molar-refractivity contribution in [3.8, 4) is 6.07 Å². The van der Waals surface area contributed by atoms with Gasteiger partial charge in [-0.3, -0.25) is 4.79 Å². The summed E-state index contributed by atoms with van der Waals surface area (Å²) < 4.78 is 19.5. The predicted octanol–water partition coefficient (Wildman–Crippen LogP) is 4.11. The van der Waals surface area contributed by atoms with Crippen molar-refractivity contribution in [1.29, 1.82) is 5.26 Å². The van der Waals surface area contributed by atoms with Gasteiger partial charge in [-0.2, -0.15) is 5.26 Å². The molecule has 0 aromatic heterocycles. The highest BCUT2D eigenvalue weighted by Gasteiger charge is 2.37. The Kier molecular flexibility index (Phi) is 6.89. The molecule has 1 aromatic carbocycles. The van der Waals surface area contributed by atoms with E-state index in [1.165, 1.54) is 18.9 Å². The van der Waals surface area contributed by atoms with E-state index in [1.807, 2.05) is 12.1 Å². The molecular formula is C24H32FN3O2. The molecule has 6 heteroatoms. The van der Waals surface area contributed by atoms with Crippen molar-refractivity contribution in [3.63, 3.8) is 0 Å². The van der Waals surface area contributed by atoms with Crippen LogP contribution in [0.3, 0.4) is 0 Å². The van der Waals surface area contributed by atoms with E-state index in [9.17, 15) is 14.4 Å². The van der Waals surface area contributed by atoms with Crippen LogP contribution in [-0.2, 0) is 9.53 Å². The van der Waals surface area contributed by atoms with Gasteiger partial charge in [-0.25, -0.2) is 4.39 Å². The van der Waals surface area contributed by atoms with Gasteiger partial charge in [0.15, 0.2) is 0 Å². The normalized spacial score (nSPS) is 24.3. The number of likely N-dealkylation sites (tertiary alicyclic amines) is 1. The molecule has 3 aliphatic heterocycles. The van der Waals surface area contributed by atoms with Gasteiger partial charge in [-0.15, -0.1) is 0 Å². The summed E-state index contributed by atoms with van der Waals surface area (Å²) in [5.74, 6) is 0.478. The minimum absolute atomic E-state index is 0.116. The second-order valence-corrected chi connectivity index (χ2v) is 8.91. The Hall–Kier alpha value is -2.13. The Morgan fingerprint density at radius 2 is 1.80 bits per heavy atom. The lowest BCUT2D eigenvalue weighted by Gasteiger charge is -2.42. The lowest BCUT2D eigenvalue weighted by Crippen LogP contribution is -2.50. The summed E-state index contributed by atoms with van der Waals surface area (Å²) >= 11 is 0. The molecule has 4 rings (SSSR count).